The van der Waals surface area contributed by atoms with Crippen LogP contribution in [0, 0.1) is 5.92 Å². The lowest BCUT2D eigenvalue weighted by atomic mass is 9.79. The molecule has 1 aliphatic rings. The minimum Gasteiger partial charge on any atom is -0.0801 e. The second kappa shape index (κ2) is 3.61. The maximum absolute atomic E-state index is 2.41. The van der Waals surface area contributed by atoms with Crippen LogP contribution in [-0.4, -0.2) is 0 Å². The lowest BCUT2D eigenvalue weighted by Crippen LogP contribution is -2.11. The van der Waals surface area contributed by atoms with Crippen LogP contribution in [0.2, 0.25) is 0 Å². The molecule has 0 heterocycles. The summed E-state index contributed by atoms with van der Waals surface area (Å²) in [7, 11) is 0. The molecule has 1 aliphatic carbocycles. The number of fused-ring (bicyclic) bond motifs is 1. The molecule has 1 atom stereocenters. The predicted molar refractivity (Wildman–Crippen MR) is 61.5 cm³/mol. The molecule has 0 aromatic heterocycles. The molecule has 0 saturated carbocycles. The first-order chi connectivity index (χ1) is 6.70. The fourth-order valence-electron chi connectivity index (χ4n) is 2.46. The molecule has 2 rings (SSSR count). The van der Waals surface area contributed by atoms with E-state index in [9.17, 15) is 0 Å². The van der Waals surface area contributed by atoms with Gasteiger partial charge in [0.05, 0.1) is 0 Å². The smallest absolute Gasteiger partial charge is 0.00253 e. The second-order valence-corrected chi connectivity index (χ2v) is 4.48. The second-order valence-electron chi connectivity index (χ2n) is 4.48. The molecule has 1 aromatic rings. The summed E-state index contributed by atoms with van der Waals surface area (Å²) in [5, 5.41) is 0. The maximum Gasteiger partial charge on any atom is 0.00253 e. The summed E-state index contributed by atoms with van der Waals surface area (Å²) >= 11 is 0. The van der Waals surface area contributed by atoms with Crippen LogP contribution in [0.25, 0.3) is 0 Å². The molecule has 0 N–H and O–H groups in total. The van der Waals surface area contributed by atoms with Gasteiger partial charge in [-0.05, 0) is 23.5 Å². The molecule has 1 aromatic carbocycles. The zero-order valence-electron chi connectivity index (χ0n) is 9.25. The monoisotopic (exact) mass is 186 g/mol. The highest BCUT2D eigenvalue weighted by Crippen LogP contribution is 2.35. The number of benzene rings is 1. The van der Waals surface area contributed by atoms with E-state index in [2.05, 4.69) is 51.1 Å². The van der Waals surface area contributed by atoms with E-state index in [0.717, 1.165) is 6.42 Å². The topological polar surface area (TPSA) is 0 Å². The van der Waals surface area contributed by atoms with Gasteiger partial charge in [0.2, 0.25) is 0 Å². The average molecular weight is 186 g/mol. The minimum atomic E-state index is 0.611. The fraction of sp³-hybridized carbons (Fsp3) is 0.429. The Labute approximate surface area is 86.7 Å². The van der Waals surface area contributed by atoms with Crippen molar-refractivity contribution < 1.29 is 0 Å². The van der Waals surface area contributed by atoms with E-state index in [0.29, 0.717) is 11.8 Å². The molecular weight excluding hydrogens is 168 g/mol. The Morgan fingerprint density at radius 1 is 1.21 bits per heavy atom. The molecule has 1 unspecified atom stereocenters. The van der Waals surface area contributed by atoms with E-state index in [4.69, 9.17) is 0 Å². The first-order valence-electron chi connectivity index (χ1n) is 5.48. The molecule has 0 radical (unpaired) electrons. The number of hydrogen-bond acceptors (Lipinski definition) is 0. The normalized spacial score (nSPS) is 20.6. The third-order valence-corrected chi connectivity index (χ3v) is 3.25. The Bertz CT molecular complexity index is 358. The molecule has 0 heteroatoms. The molecular formula is C14H18. The SMILES string of the molecule is CC(C)C1=CCc2ccccc2C1C. The quantitative estimate of drug-likeness (QED) is 0.583. The lowest BCUT2D eigenvalue weighted by Gasteiger charge is -2.26. The van der Waals surface area contributed by atoms with Crippen LogP contribution in [0.5, 0.6) is 0 Å². The first kappa shape index (κ1) is 9.51. The zero-order valence-corrected chi connectivity index (χ0v) is 9.25. The van der Waals surface area contributed by atoms with Gasteiger partial charge in [-0.3, -0.25) is 0 Å². The van der Waals surface area contributed by atoms with Gasteiger partial charge in [0.1, 0.15) is 0 Å². The predicted octanol–water partition coefficient (Wildman–Crippen LogP) is 3.93. The first-order valence-corrected chi connectivity index (χ1v) is 5.48. The van der Waals surface area contributed by atoms with E-state index in [1.54, 1.807) is 5.57 Å². The Hall–Kier alpha value is -1.04. The number of hydrogen-bond donors (Lipinski definition) is 0. The van der Waals surface area contributed by atoms with Crippen molar-refractivity contribution >= 4 is 0 Å². The van der Waals surface area contributed by atoms with Crippen LogP contribution in [0.4, 0.5) is 0 Å². The molecule has 0 aliphatic heterocycles. The Morgan fingerprint density at radius 3 is 2.64 bits per heavy atom. The van der Waals surface area contributed by atoms with Crippen molar-refractivity contribution in [3.63, 3.8) is 0 Å². The molecule has 0 fully saturated rings. The third-order valence-electron chi connectivity index (χ3n) is 3.25. The molecule has 0 saturated heterocycles. The van der Waals surface area contributed by atoms with E-state index in [1.165, 1.54) is 11.1 Å². The van der Waals surface area contributed by atoms with E-state index in [1.807, 2.05) is 0 Å². The highest BCUT2D eigenvalue weighted by molar-refractivity contribution is 5.41. The van der Waals surface area contributed by atoms with Crippen LogP contribution in [0.1, 0.15) is 37.8 Å². The van der Waals surface area contributed by atoms with Crippen molar-refractivity contribution in [2.24, 2.45) is 5.92 Å². The fourth-order valence-corrected chi connectivity index (χ4v) is 2.46. The highest BCUT2D eigenvalue weighted by Gasteiger charge is 2.20. The van der Waals surface area contributed by atoms with Gasteiger partial charge in [-0.1, -0.05) is 56.7 Å². The van der Waals surface area contributed by atoms with Gasteiger partial charge in [0, 0.05) is 5.92 Å². The van der Waals surface area contributed by atoms with Gasteiger partial charge in [-0.2, -0.15) is 0 Å². The van der Waals surface area contributed by atoms with Gasteiger partial charge in [-0.25, -0.2) is 0 Å². The summed E-state index contributed by atoms with van der Waals surface area (Å²) < 4.78 is 0. The Kier molecular flexibility index (Phi) is 2.45. The standard InChI is InChI=1S/C14H18/c1-10(2)13-9-8-12-6-4-5-7-14(12)11(13)3/h4-7,9-11H,8H2,1-3H3. The number of allylic oxidation sites excluding steroid dienone is 2. The van der Waals surface area contributed by atoms with Crippen molar-refractivity contribution in [2.45, 2.75) is 33.1 Å². The van der Waals surface area contributed by atoms with E-state index < -0.39 is 0 Å². The average Bonchev–Trinajstić information content (AvgIpc) is 2.18. The number of rotatable bonds is 1. The largest absolute Gasteiger partial charge is 0.0801 e. The molecule has 74 valence electrons. The van der Waals surface area contributed by atoms with Crippen LogP contribution in [0.3, 0.4) is 0 Å². The van der Waals surface area contributed by atoms with Crippen LogP contribution in [-0.2, 0) is 6.42 Å². The summed E-state index contributed by atoms with van der Waals surface area (Å²) in [5.74, 6) is 1.29. The van der Waals surface area contributed by atoms with Crippen LogP contribution >= 0.6 is 0 Å². The van der Waals surface area contributed by atoms with Gasteiger partial charge in [-0.15, -0.1) is 0 Å². The van der Waals surface area contributed by atoms with Gasteiger partial charge < -0.3 is 0 Å². The summed E-state index contributed by atoms with van der Waals surface area (Å²) in [5.41, 5.74) is 4.63. The Balaban J connectivity index is 2.39. The zero-order chi connectivity index (χ0) is 10.1. The van der Waals surface area contributed by atoms with Crippen molar-refractivity contribution in [1.82, 2.24) is 0 Å². The van der Waals surface area contributed by atoms with Crippen molar-refractivity contribution in [1.29, 1.82) is 0 Å². The minimum absolute atomic E-state index is 0.611. The van der Waals surface area contributed by atoms with E-state index in [-0.39, 0.29) is 0 Å². The van der Waals surface area contributed by atoms with Gasteiger partial charge in [0.15, 0.2) is 0 Å². The Morgan fingerprint density at radius 2 is 1.93 bits per heavy atom. The van der Waals surface area contributed by atoms with Crippen LogP contribution < -0.4 is 0 Å². The summed E-state index contributed by atoms with van der Waals surface area (Å²) in [6, 6.07) is 8.81. The molecule has 0 nitrogen and oxygen atoms in total. The lowest BCUT2D eigenvalue weighted by molar-refractivity contribution is 0.663. The third kappa shape index (κ3) is 1.50. The van der Waals surface area contributed by atoms with Gasteiger partial charge in [0.25, 0.3) is 0 Å². The summed E-state index contributed by atoms with van der Waals surface area (Å²) in [6.45, 7) is 6.90. The molecule has 14 heavy (non-hydrogen) atoms. The molecule has 0 spiro atoms. The summed E-state index contributed by atoms with van der Waals surface area (Å²) in [4.78, 5) is 0. The maximum atomic E-state index is 2.41. The van der Waals surface area contributed by atoms with Crippen LogP contribution in [0.15, 0.2) is 35.9 Å². The molecule has 0 amide bonds. The van der Waals surface area contributed by atoms with Gasteiger partial charge >= 0.3 is 0 Å². The van der Waals surface area contributed by atoms with E-state index >= 15 is 0 Å². The highest BCUT2D eigenvalue weighted by atomic mass is 14.2. The summed E-state index contributed by atoms with van der Waals surface area (Å²) in [6.07, 6.45) is 3.53. The van der Waals surface area contributed by atoms with Crippen molar-refractivity contribution in [3.8, 4) is 0 Å². The van der Waals surface area contributed by atoms with Crippen molar-refractivity contribution in [2.75, 3.05) is 0 Å². The molecule has 0 bridgehead atoms. The van der Waals surface area contributed by atoms with Crippen molar-refractivity contribution in [3.05, 3.63) is 47.0 Å².